The molecule has 0 bridgehead atoms. The Morgan fingerprint density at radius 1 is 1.29 bits per heavy atom. The van der Waals surface area contributed by atoms with Crippen molar-refractivity contribution in [1.82, 2.24) is 5.43 Å². The smallest absolute Gasteiger partial charge is 0.417 e. The summed E-state index contributed by atoms with van der Waals surface area (Å²) >= 11 is 8.85. The van der Waals surface area contributed by atoms with Gasteiger partial charge >= 0.3 is 6.18 Å². The first-order valence-electron chi connectivity index (χ1n) is 8.33. The lowest BCUT2D eigenvalue weighted by Crippen LogP contribution is -2.39. The lowest BCUT2D eigenvalue weighted by molar-refractivity contribution is -0.137. The van der Waals surface area contributed by atoms with Crippen LogP contribution < -0.4 is 14.5 Å². The summed E-state index contributed by atoms with van der Waals surface area (Å²) in [5.74, 6) is -0.404. The summed E-state index contributed by atoms with van der Waals surface area (Å²) < 4.78 is 69.9. The number of anilines is 1. The Labute approximate surface area is 190 Å². The van der Waals surface area contributed by atoms with Crippen molar-refractivity contribution in [3.05, 3.63) is 57.0 Å². The average molecular weight is 543 g/mol. The molecule has 0 heterocycles. The largest absolute Gasteiger partial charge is 0.496 e. The maximum Gasteiger partial charge on any atom is 0.417 e. The van der Waals surface area contributed by atoms with Crippen molar-refractivity contribution in [2.45, 2.75) is 6.18 Å². The summed E-state index contributed by atoms with van der Waals surface area (Å²) in [4.78, 5) is 12.2. The Morgan fingerprint density at radius 2 is 1.97 bits per heavy atom. The number of hydrogen-bond donors (Lipinski definition) is 1. The van der Waals surface area contributed by atoms with Gasteiger partial charge in [0.1, 0.15) is 12.3 Å². The van der Waals surface area contributed by atoms with Crippen LogP contribution in [0.3, 0.4) is 0 Å². The number of ether oxygens (including phenoxy) is 1. The van der Waals surface area contributed by atoms with Gasteiger partial charge in [0.15, 0.2) is 0 Å². The number of rotatable bonds is 7. The fourth-order valence-electron chi connectivity index (χ4n) is 2.43. The summed E-state index contributed by atoms with van der Waals surface area (Å²) in [6.07, 6.45) is -2.76. The molecule has 0 radical (unpaired) electrons. The van der Waals surface area contributed by atoms with Crippen LogP contribution in [0.25, 0.3) is 0 Å². The lowest BCUT2D eigenvalue weighted by Gasteiger charge is -2.22. The number of benzene rings is 2. The molecule has 0 unspecified atom stereocenters. The molecule has 0 fully saturated rings. The van der Waals surface area contributed by atoms with Crippen molar-refractivity contribution in [2.24, 2.45) is 5.10 Å². The molecule has 2 aromatic rings. The number of hydrogen-bond acceptors (Lipinski definition) is 5. The predicted molar refractivity (Wildman–Crippen MR) is 115 cm³/mol. The number of methoxy groups -OCH3 is 1. The van der Waals surface area contributed by atoms with Crippen LogP contribution >= 0.6 is 27.5 Å². The summed E-state index contributed by atoms with van der Waals surface area (Å²) in [5, 5.41) is 3.15. The van der Waals surface area contributed by atoms with Gasteiger partial charge in [0, 0.05) is 10.0 Å². The van der Waals surface area contributed by atoms with Gasteiger partial charge in [-0.25, -0.2) is 13.8 Å². The number of hydrazone groups is 1. The fraction of sp³-hybridized carbons (Fsp3) is 0.222. The zero-order valence-electron chi connectivity index (χ0n) is 16.1. The van der Waals surface area contributed by atoms with E-state index >= 15 is 0 Å². The maximum atomic E-state index is 13.1. The summed E-state index contributed by atoms with van der Waals surface area (Å²) in [6.45, 7) is -0.801. The van der Waals surface area contributed by atoms with E-state index in [2.05, 4.69) is 26.5 Å². The van der Waals surface area contributed by atoms with E-state index in [-0.39, 0.29) is 5.69 Å². The highest BCUT2D eigenvalue weighted by molar-refractivity contribution is 9.10. The molecule has 1 N–H and O–H groups in total. The Balaban J connectivity index is 2.23. The second-order valence-corrected chi connectivity index (χ2v) is 9.34. The molecule has 0 aliphatic rings. The molecule has 13 heteroatoms. The third kappa shape index (κ3) is 6.84. The monoisotopic (exact) mass is 541 g/mol. The van der Waals surface area contributed by atoms with Gasteiger partial charge in [-0.1, -0.05) is 27.5 Å². The molecule has 0 aliphatic carbocycles. The molecular weight excluding hydrogens is 527 g/mol. The van der Waals surface area contributed by atoms with Crippen LogP contribution in [0.2, 0.25) is 5.02 Å². The van der Waals surface area contributed by atoms with Gasteiger partial charge in [-0.15, -0.1) is 0 Å². The third-order valence-electron chi connectivity index (χ3n) is 3.82. The van der Waals surface area contributed by atoms with Crippen molar-refractivity contribution in [2.75, 3.05) is 24.2 Å². The van der Waals surface area contributed by atoms with Gasteiger partial charge in [0.2, 0.25) is 10.0 Å². The first kappa shape index (κ1) is 25.0. The summed E-state index contributed by atoms with van der Waals surface area (Å²) in [5.41, 5.74) is 1.06. The van der Waals surface area contributed by atoms with E-state index in [9.17, 15) is 26.4 Å². The minimum atomic E-state index is -4.80. The molecule has 2 rings (SSSR count). The van der Waals surface area contributed by atoms with Crippen LogP contribution in [0.15, 0.2) is 46.0 Å². The number of carbonyl (C=O) groups is 1. The van der Waals surface area contributed by atoms with Crippen LogP contribution in [0.1, 0.15) is 11.1 Å². The highest BCUT2D eigenvalue weighted by Gasteiger charge is 2.34. The van der Waals surface area contributed by atoms with Crippen LogP contribution in [0.5, 0.6) is 5.75 Å². The van der Waals surface area contributed by atoms with E-state index in [4.69, 9.17) is 16.3 Å². The van der Waals surface area contributed by atoms with Crippen molar-refractivity contribution in [3.8, 4) is 5.75 Å². The Kier molecular flexibility index (Phi) is 7.95. The normalized spacial score (nSPS) is 12.1. The highest BCUT2D eigenvalue weighted by atomic mass is 79.9. The molecule has 0 atom stereocenters. The molecule has 168 valence electrons. The second kappa shape index (κ2) is 9.88. The fourth-order valence-corrected chi connectivity index (χ4v) is 3.88. The van der Waals surface area contributed by atoms with Crippen molar-refractivity contribution in [1.29, 1.82) is 0 Å². The Morgan fingerprint density at radius 3 is 2.55 bits per heavy atom. The zero-order valence-corrected chi connectivity index (χ0v) is 19.2. The second-order valence-electron chi connectivity index (χ2n) is 6.11. The van der Waals surface area contributed by atoms with Crippen molar-refractivity contribution < 1.29 is 31.1 Å². The Hall–Kier alpha value is -2.31. The minimum absolute atomic E-state index is 0.369. The van der Waals surface area contributed by atoms with Crippen LogP contribution in [0, 0.1) is 0 Å². The van der Waals surface area contributed by atoms with E-state index in [0.717, 1.165) is 22.9 Å². The number of sulfonamides is 1. The number of nitrogens with zero attached hydrogens (tertiary/aromatic N) is 2. The van der Waals surface area contributed by atoms with Gasteiger partial charge in [-0.05, 0) is 36.4 Å². The van der Waals surface area contributed by atoms with E-state index in [1.165, 1.54) is 13.3 Å². The first-order valence-corrected chi connectivity index (χ1v) is 11.3. The minimum Gasteiger partial charge on any atom is -0.496 e. The summed E-state index contributed by atoms with van der Waals surface area (Å²) in [6, 6.07) is 7.61. The van der Waals surface area contributed by atoms with Gasteiger partial charge in [-0.3, -0.25) is 9.10 Å². The number of carbonyl (C=O) groups excluding carboxylic acids is 1. The molecule has 2 aromatic carbocycles. The topological polar surface area (TPSA) is 88.1 Å². The molecule has 1 amide bonds. The number of halogens is 5. The van der Waals surface area contributed by atoms with E-state index in [1.54, 1.807) is 18.2 Å². The van der Waals surface area contributed by atoms with Gasteiger partial charge in [-0.2, -0.15) is 18.3 Å². The van der Waals surface area contributed by atoms with E-state index in [0.29, 0.717) is 21.7 Å². The van der Waals surface area contributed by atoms with Gasteiger partial charge < -0.3 is 4.74 Å². The molecular formula is C18H16BrClF3N3O4S. The van der Waals surface area contributed by atoms with E-state index < -0.39 is 39.2 Å². The summed E-state index contributed by atoms with van der Waals surface area (Å²) in [7, 11) is -2.65. The van der Waals surface area contributed by atoms with Crippen LogP contribution in [0.4, 0.5) is 18.9 Å². The van der Waals surface area contributed by atoms with Crippen LogP contribution in [-0.2, 0) is 21.0 Å². The van der Waals surface area contributed by atoms with E-state index in [1.807, 2.05) is 0 Å². The number of amides is 1. The number of nitrogens with one attached hydrogen (secondary N) is 1. The van der Waals surface area contributed by atoms with Crippen molar-refractivity contribution in [3.63, 3.8) is 0 Å². The first-order chi connectivity index (χ1) is 14.3. The molecule has 7 nitrogen and oxygen atoms in total. The molecule has 0 spiro atoms. The van der Waals surface area contributed by atoms with Crippen LogP contribution in [-0.4, -0.2) is 40.4 Å². The standard InChI is InChI=1S/C18H16BrClF3N3O4S/c1-30-16-6-3-12(19)7-11(16)9-24-25-17(27)10-26(31(2,28)29)13-4-5-15(20)14(8-13)18(21,22)23/h3-9H,10H2,1-2H3,(H,25,27)/b24-9-. The predicted octanol–water partition coefficient (Wildman–Crippen LogP) is 4.05. The molecule has 31 heavy (non-hydrogen) atoms. The highest BCUT2D eigenvalue weighted by Crippen LogP contribution is 2.37. The quantitative estimate of drug-likeness (QED) is 0.422. The van der Waals surface area contributed by atoms with Gasteiger partial charge in [0.05, 0.1) is 35.9 Å². The molecule has 0 saturated carbocycles. The van der Waals surface area contributed by atoms with Gasteiger partial charge in [0.25, 0.3) is 5.91 Å². The van der Waals surface area contributed by atoms with Crippen molar-refractivity contribution >= 4 is 55.4 Å². The third-order valence-corrected chi connectivity index (χ3v) is 5.78. The average Bonchev–Trinajstić information content (AvgIpc) is 2.65. The molecule has 0 saturated heterocycles. The zero-order chi connectivity index (χ0) is 23.4. The Bertz CT molecular complexity index is 1110. The maximum absolute atomic E-state index is 13.1. The number of alkyl halides is 3. The molecule has 0 aliphatic heterocycles. The lowest BCUT2D eigenvalue weighted by atomic mass is 10.2. The SMILES string of the molecule is COc1ccc(Br)cc1/C=N\NC(=O)CN(c1ccc(Cl)c(C(F)(F)F)c1)S(C)(=O)=O. The molecule has 0 aromatic heterocycles.